The van der Waals surface area contributed by atoms with E-state index >= 15 is 0 Å². The molecule has 0 saturated heterocycles. The number of halogens is 2. The molecule has 0 radical (unpaired) electrons. The van der Waals surface area contributed by atoms with Crippen LogP contribution in [-0.2, 0) is 6.42 Å². The number of benzene rings is 3. The van der Waals surface area contributed by atoms with Crippen molar-refractivity contribution in [2.75, 3.05) is 0 Å². The minimum absolute atomic E-state index is 1.05. The Hall–Kier alpha value is -1.32. The highest BCUT2D eigenvalue weighted by Crippen LogP contribution is 2.22. The average molecular weight is 590 g/mol. The first kappa shape index (κ1) is 21.4. The molecule has 0 bridgehead atoms. The van der Waals surface area contributed by atoms with E-state index in [1.165, 1.54) is 55.1 Å². The van der Waals surface area contributed by atoms with Gasteiger partial charge in [0.1, 0.15) is 0 Å². The molecular formula is C26H24I2. The maximum absolute atomic E-state index is 3.30. The molecule has 0 aliphatic carbocycles. The Balaban J connectivity index is 1.70. The Morgan fingerprint density at radius 3 is 1.82 bits per heavy atom. The lowest BCUT2D eigenvalue weighted by atomic mass is 10.0. The molecule has 0 heterocycles. The molecule has 0 nitrogen and oxygen atoms in total. The maximum atomic E-state index is 3.30. The predicted molar refractivity (Wildman–Crippen MR) is 138 cm³/mol. The molecule has 0 atom stereocenters. The van der Waals surface area contributed by atoms with Gasteiger partial charge in [0.25, 0.3) is 0 Å². The summed E-state index contributed by atoms with van der Waals surface area (Å²) in [5.74, 6) is 6.60. The van der Waals surface area contributed by atoms with Crippen LogP contribution in [-0.4, -0.2) is 0 Å². The third kappa shape index (κ3) is 5.84. The van der Waals surface area contributed by atoms with Gasteiger partial charge in [-0.2, -0.15) is 0 Å². The third-order valence-corrected chi connectivity index (χ3v) is 7.11. The normalized spacial score (nSPS) is 10.4. The topological polar surface area (TPSA) is 0 Å². The van der Waals surface area contributed by atoms with E-state index in [4.69, 9.17) is 0 Å². The number of hydrogen-bond donors (Lipinski definition) is 0. The molecule has 3 aromatic carbocycles. The predicted octanol–water partition coefficient (Wildman–Crippen LogP) is 8.00. The number of aryl methyl sites for hydroxylation is 1. The first-order chi connectivity index (χ1) is 13.6. The van der Waals surface area contributed by atoms with Gasteiger partial charge in [0.15, 0.2) is 0 Å². The van der Waals surface area contributed by atoms with Crippen LogP contribution in [0.2, 0.25) is 0 Å². The zero-order chi connectivity index (χ0) is 19.9. The summed E-state index contributed by atoms with van der Waals surface area (Å²) in [6.45, 7) is 4.40. The summed E-state index contributed by atoms with van der Waals surface area (Å²) in [5.41, 5.74) is 7.38. The Morgan fingerprint density at radius 1 is 0.714 bits per heavy atom. The lowest BCUT2D eigenvalue weighted by Gasteiger charge is -2.05. The lowest BCUT2D eigenvalue weighted by Crippen LogP contribution is -1.88. The van der Waals surface area contributed by atoms with Crippen molar-refractivity contribution in [1.29, 1.82) is 0 Å². The minimum atomic E-state index is 1.05. The monoisotopic (exact) mass is 590 g/mol. The first-order valence-corrected chi connectivity index (χ1v) is 11.9. The summed E-state index contributed by atoms with van der Waals surface area (Å²) in [6, 6.07) is 21.9. The Labute approximate surface area is 196 Å². The SMILES string of the molecule is CCCCCc1ccc(-c2ccc(C#Cc3cc(I)c(C)c(I)c3)cc2)cc1. The summed E-state index contributed by atoms with van der Waals surface area (Å²) in [5, 5.41) is 0. The fourth-order valence-corrected chi connectivity index (χ4v) is 4.82. The molecule has 0 aromatic heterocycles. The molecule has 28 heavy (non-hydrogen) atoms. The first-order valence-electron chi connectivity index (χ1n) is 9.74. The largest absolute Gasteiger partial charge is 0.0654 e. The van der Waals surface area contributed by atoms with Gasteiger partial charge in [-0.1, -0.05) is 68.0 Å². The van der Waals surface area contributed by atoms with Crippen LogP contribution in [0.4, 0.5) is 0 Å². The highest BCUT2D eigenvalue weighted by atomic mass is 127. The van der Waals surface area contributed by atoms with Gasteiger partial charge in [-0.3, -0.25) is 0 Å². The molecule has 2 heteroatoms. The van der Waals surface area contributed by atoms with Crippen molar-refractivity contribution in [2.24, 2.45) is 0 Å². The lowest BCUT2D eigenvalue weighted by molar-refractivity contribution is 0.717. The number of unbranched alkanes of at least 4 members (excludes halogenated alkanes) is 2. The zero-order valence-electron chi connectivity index (χ0n) is 16.4. The molecule has 0 N–H and O–H groups in total. The van der Waals surface area contributed by atoms with Crippen LogP contribution in [0.3, 0.4) is 0 Å². The molecule has 0 spiro atoms. The van der Waals surface area contributed by atoms with Crippen molar-refractivity contribution >= 4 is 45.2 Å². The molecule has 0 aliphatic heterocycles. The van der Waals surface area contributed by atoms with Crippen LogP contribution in [0.5, 0.6) is 0 Å². The second-order valence-corrected chi connectivity index (χ2v) is 9.37. The van der Waals surface area contributed by atoms with E-state index < -0.39 is 0 Å². The second kappa shape index (κ2) is 10.5. The van der Waals surface area contributed by atoms with Gasteiger partial charge in [0.2, 0.25) is 0 Å². The molecule has 142 valence electrons. The smallest absolute Gasteiger partial charge is 0.0270 e. The standard InChI is InChI=1S/C26H24I2/c1-3-4-5-6-20-9-13-23(14-10-20)24-15-11-21(12-16-24)7-8-22-17-25(27)19(2)26(28)18-22/h9-18H,3-6H2,1-2H3. The molecule has 0 aliphatic rings. The van der Waals surface area contributed by atoms with Gasteiger partial charge in [0.05, 0.1) is 0 Å². The van der Waals surface area contributed by atoms with Crippen LogP contribution in [0.1, 0.15) is 48.4 Å². The molecule has 0 amide bonds. The van der Waals surface area contributed by atoms with E-state index in [2.05, 4.69) is 132 Å². The van der Waals surface area contributed by atoms with Gasteiger partial charge in [-0.05, 0) is 111 Å². The van der Waals surface area contributed by atoms with Crippen LogP contribution in [0, 0.1) is 25.9 Å². The minimum Gasteiger partial charge on any atom is -0.0654 e. The summed E-state index contributed by atoms with van der Waals surface area (Å²) in [4.78, 5) is 0. The van der Waals surface area contributed by atoms with E-state index in [9.17, 15) is 0 Å². The van der Waals surface area contributed by atoms with Crippen molar-refractivity contribution in [3.63, 3.8) is 0 Å². The van der Waals surface area contributed by atoms with Crippen molar-refractivity contribution in [3.05, 3.63) is 90.1 Å². The molecular weight excluding hydrogens is 566 g/mol. The van der Waals surface area contributed by atoms with Gasteiger partial charge < -0.3 is 0 Å². The molecule has 3 rings (SSSR count). The molecule has 0 saturated carbocycles. The van der Waals surface area contributed by atoms with Gasteiger partial charge >= 0.3 is 0 Å². The molecule has 3 aromatic rings. The van der Waals surface area contributed by atoms with Crippen LogP contribution in [0.15, 0.2) is 60.7 Å². The van der Waals surface area contributed by atoms with Crippen LogP contribution < -0.4 is 0 Å². The fraction of sp³-hybridized carbons (Fsp3) is 0.231. The summed E-state index contributed by atoms with van der Waals surface area (Å²) in [6.07, 6.45) is 5.04. The number of hydrogen-bond acceptors (Lipinski definition) is 0. The van der Waals surface area contributed by atoms with E-state index in [1.54, 1.807) is 0 Å². The Morgan fingerprint density at radius 2 is 1.25 bits per heavy atom. The number of rotatable bonds is 5. The average Bonchev–Trinajstić information content (AvgIpc) is 2.71. The van der Waals surface area contributed by atoms with Crippen molar-refractivity contribution < 1.29 is 0 Å². The fourth-order valence-electron chi connectivity index (χ4n) is 3.05. The highest BCUT2D eigenvalue weighted by Gasteiger charge is 2.02. The van der Waals surface area contributed by atoms with Crippen LogP contribution >= 0.6 is 45.2 Å². The summed E-state index contributed by atoms with van der Waals surface area (Å²) < 4.78 is 2.53. The molecule has 0 unspecified atom stereocenters. The highest BCUT2D eigenvalue weighted by molar-refractivity contribution is 14.1. The summed E-state index contributed by atoms with van der Waals surface area (Å²) in [7, 11) is 0. The summed E-state index contributed by atoms with van der Waals surface area (Å²) >= 11 is 4.76. The van der Waals surface area contributed by atoms with E-state index in [0.29, 0.717) is 0 Å². The van der Waals surface area contributed by atoms with Crippen molar-refractivity contribution in [1.82, 2.24) is 0 Å². The van der Waals surface area contributed by atoms with Gasteiger partial charge in [-0.25, -0.2) is 0 Å². The quantitative estimate of drug-likeness (QED) is 0.161. The van der Waals surface area contributed by atoms with Crippen molar-refractivity contribution in [3.8, 4) is 23.0 Å². The molecule has 0 fully saturated rings. The van der Waals surface area contributed by atoms with E-state index in [0.717, 1.165) is 11.1 Å². The van der Waals surface area contributed by atoms with Crippen molar-refractivity contribution in [2.45, 2.75) is 39.5 Å². The van der Waals surface area contributed by atoms with Gasteiger partial charge in [-0.15, -0.1) is 0 Å². The van der Waals surface area contributed by atoms with E-state index in [-0.39, 0.29) is 0 Å². The maximum Gasteiger partial charge on any atom is 0.0270 e. The van der Waals surface area contributed by atoms with Crippen LogP contribution in [0.25, 0.3) is 11.1 Å². The zero-order valence-corrected chi connectivity index (χ0v) is 20.7. The second-order valence-electron chi connectivity index (χ2n) is 7.05. The van der Waals surface area contributed by atoms with E-state index in [1.807, 2.05) is 0 Å². The Bertz CT molecular complexity index is 964. The Kier molecular flexibility index (Phi) is 7.99. The van der Waals surface area contributed by atoms with Gasteiger partial charge in [0, 0.05) is 18.3 Å². The third-order valence-electron chi connectivity index (χ3n) is 4.87.